The molecular weight excluding hydrogens is 257 g/mol. The maximum absolute atomic E-state index is 13.0. The highest BCUT2D eigenvalue weighted by Crippen LogP contribution is 2.32. The molecule has 106 valence electrons. The summed E-state index contributed by atoms with van der Waals surface area (Å²) in [5.74, 6) is 0.279. The first-order valence-electron chi connectivity index (χ1n) is 6.19. The fraction of sp³-hybridized carbons (Fsp3) is 0.667. The summed E-state index contributed by atoms with van der Waals surface area (Å²) in [7, 11) is 3.74. The molecule has 1 aliphatic rings. The SMILES string of the molecule is CN(C)CCc1nc2c(c(C(F)(F)F)n1)CNCC2. The van der Waals surface area contributed by atoms with Crippen molar-refractivity contribution in [2.45, 2.75) is 25.6 Å². The Kier molecular flexibility index (Phi) is 4.05. The fourth-order valence-electron chi connectivity index (χ4n) is 2.06. The highest BCUT2D eigenvalue weighted by Gasteiger charge is 2.37. The van der Waals surface area contributed by atoms with Gasteiger partial charge in [0, 0.05) is 38.0 Å². The summed E-state index contributed by atoms with van der Waals surface area (Å²) >= 11 is 0. The van der Waals surface area contributed by atoms with Crippen LogP contribution in [0.15, 0.2) is 0 Å². The Morgan fingerprint density at radius 1 is 1.26 bits per heavy atom. The van der Waals surface area contributed by atoms with Crippen molar-refractivity contribution in [3.05, 3.63) is 22.8 Å². The molecule has 4 nitrogen and oxygen atoms in total. The van der Waals surface area contributed by atoms with Crippen molar-refractivity contribution < 1.29 is 13.2 Å². The van der Waals surface area contributed by atoms with Crippen LogP contribution in [0, 0.1) is 0 Å². The lowest BCUT2D eigenvalue weighted by Crippen LogP contribution is -2.30. The van der Waals surface area contributed by atoms with Crippen molar-refractivity contribution in [1.82, 2.24) is 20.2 Å². The first kappa shape index (κ1) is 14.2. The number of nitrogens with one attached hydrogen (secondary N) is 1. The minimum Gasteiger partial charge on any atom is -0.312 e. The summed E-state index contributed by atoms with van der Waals surface area (Å²) in [5.41, 5.74) is -0.0411. The molecule has 1 aromatic heterocycles. The number of aromatic nitrogens is 2. The molecule has 0 unspecified atom stereocenters. The molecule has 1 N–H and O–H groups in total. The lowest BCUT2D eigenvalue weighted by molar-refractivity contribution is -0.142. The summed E-state index contributed by atoms with van der Waals surface area (Å²) < 4.78 is 39.1. The molecule has 0 fully saturated rings. The zero-order valence-corrected chi connectivity index (χ0v) is 11.0. The molecule has 1 aliphatic heterocycles. The zero-order valence-electron chi connectivity index (χ0n) is 11.0. The van der Waals surface area contributed by atoms with Gasteiger partial charge >= 0.3 is 6.18 Å². The van der Waals surface area contributed by atoms with Gasteiger partial charge in [-0.1, -0.05) is 0 Å². The standard InChI is InChI=1S/C12H17F3N4/c1-19(2)6-4-10-17-9-3-5-16-7-8(9)11(18-10)12(13,14)15/h16H,3-7H2,1-2H3. The first-order valence-corrected chi connectivity index (χ1v) is 6.19. The van der Waals surface area contributed by atoms with Gasteiger partial charge in [0.2, 0.25) is 0 Å². The van der Waals surface area contributed by atoms with E-state index >= 15 is 0 Å². The second-order valence-corrected chi connectivity index (χ2v) is 4.89. The average Bonchev–Trinajstić information content (AvgIpc) is 2.34. The molecule has 19 heavy (non-hydrogen) atoms. The Balaban J connectivity index is 2.37. The predicted octanol–water partition coefficient (Wildman–Crippen LogP) is 1.25. The van der Waals surface area contributed by atoms with Gasteiger partial charge in [-0.3, -0.25) is 0 Å². The van der Waals surface area contributed by atoms with E-state index in [1.807, 2.05) is 19.0 Å². The van der Waals surface area contributed by atoms with Crippen LogP contribution in [-0.4, -0.2) is 42.1 Å². The lowest BCUT2D eigenvalue weighted by atomic mass is 10.0. The molecule has 0 aliphatic carbocycles. The Morgan fingerprint density at radius 3 is 2.63 bits per heavy atom. The zero-order chi connectivity index (χ0) is 14.0. The quantitative estimate of drug-likeness (QED) is 0.900. The van der Waals surface area contributed by atoms with E-state index in [4.69, 9.17) is 0 Å². The largest absolute Gasteiger partial charge is 0.433 e. The van der Waals surface area contributed by atoms with E-state index in [9.17, 15) is 13.2 Å². The van der Waals surface area contributed by atoms with Gasteiger partial charge in [0.25, 0.3) is 0 Å². The van der Waals surface area contributed by atoms with Gasteiger partial charge in [0.1, 0.15) is 5.82 Å². The number of likely N-dealkylation sites (N-methyl/N-ethyl adjacent to an activating group) is 1. The number of nitrogens with zero attached hydrogens (tertiary/aromatic N) is 3. The number of halogens is 3. The van der Waals surface area contributed by atoms with Crippen LogP contribution in [0.3, 0.4) is 0 Å². The molecule has 0 amide bonds. The van der Waals surface area contributed by atoms with Gasteiger partial charge in [-0.05, 0) is 14.1 Å². The predicted molar refractivity (Wildman–Crippen MR) is 64.7 cm³/mol. The Labute approximate surface area is 110 Å². The van der Waals surface area contributed by atoms with E-state index in [1.165, 1.54) is 0 Å². The molecule has 0 spiro atoms. The van der Waals surface area contributed by atoms with Crippen LogP contribution in [0.1, 0.15) is 22.8 Å². The fourth-order valence-corrected chi connectivity index (χ4v) is 2.06. The van der Waals surface area contributed by atoms with Gasteiger partial charge in [0.05, 0.1) is 5.69 Å². The lowest BCUT2D eigenvalue weighted by Gasteiger charge is -2.21. The molecule has 0 saturated carbocycles. The molecule has 0 aromatic carbocycles. The summed E-state index contributed by atoms with van der Waals surface area (Å²) in [4.78, 5) is 9.91. The van der Waals surface area contributed by atoms with E-state index in [0.29, 0.717) is 31.6 Å². The molecular formula is C12H17F3N4. The highest BCUT2D eigenvalue weighted by atomic mass is 19.4. The third-order valence-electron chi connectivity index (χ3n) is 3.03. The summed E-state index contributed by atoms with van der Waals surface area (Å²) in [6.45, 7) is 1.49. The van der Waals surface area contributed by atoms with E-state index in [-0.39, 0.29) is 17.9 Å². The van der Waals surface area contributed by atoms with Crippen molar-refractivity contribution in [3.63, 3.8) is 0 Å². The minimum absolute atomic E-state index is 0.193. The topological polar surface area (TPSA) is 41.1 Å². The number of alkyl halides is 3. The van der Waals surface area contributed by atoms with E-state index < -0.39 is 11.9 Å². The average molecular weight is 274 g/mol. The minimum atomic E-state index is -4.42. The van der Waals surface area contributed by atoms with Gasteiger partial charge in [0.15, 0.2) is 5.69 Å². The van der Waals surface area contributed by atoms with Gasteiger partial charge < -0.3 is 10.2 Å². The van der Waals surface area contributed by atoms with E-state index in [2.05, 4.69) is 15.3 Å². The van der Waals surface area contributed by atoms with Crippen LogP contribution in [0.4, 0.5) is 13.2 Å². The second kappa shape index (κ2) is 5.42. The van der Waals surface area contributed by atoms with Crippen molar-refractivity contribution in [2.24, 2.45) is 0 Å². The summed E-state index contributed by atoms with van der Waals surface area (Å²) in [6, 6.07) is 0. The molecule has 1 aromatic rings. The number of rotatable bonds is 3. The molecule has 7 heteroatoms. The maximum atomic E-state index is 13.0. The first-order chi connectivity index (χ1) is 8.88. The third kappa shape index (κ3) is 3.42. The second-order valence-electron chi connectivity index (χ2n) is 4.89. The van der Waals surface area contributed by atoms with Crippen LogP contribution in [0.5, 0.6) is 0 Å². The summed E-state index contributed by atoms with van der Waals surface area (Å²) in [6.07, 6.45) is -3.47. The van der Waals surface area contributed by atoms with E-state index in [1.54, 1.807) is 0 Å². The van der Waals surface area contributed by atoms with Crippen LogP contribution >= 0.6 is 0 Å². The Morgan fingerprint density at radius 2 is 2.00 bits per heavy atom. The molecule has 0 saturated heterocycles. The van der Waals surface area contributed by atoms with E-state index in [0.717, 1.165) is 0 Å². The normalized spacial score (nSPS) is 15.7. The Bertz CT molecular complexity index is 457. The van der Waals surface area contributed by atoms with Crippen molar-refractivity contribution >= 4 is 0 Å². The summed E-state index contributed by atoms with van der Waals surface area (Å²) in [5, 5.41) is 2.93. The van der Waals surface area contributed by atoms with Crippen LogP contribution in [-0.2, 0) is 25.6 Å². The number of hydrogen-bond donors (Lipinski definition) is 1. The van der Waals surface area contributed by atoms with Crippen molar-refractivity contribution in [1.29, 1.82) is 0 Å². The van der Waals surface area contributed by atoms with Crippen LogP contribution < -0.4 is 5.32 Å². The highest BCUT2D eigenvalue weighted by molar-refractivity contribution is 5.30. The van der Waals surface area contributed by atoms with Gasteiger partial charge in [-0.25, -0.2) is 9.97 Å². The maximum Gasteiger partial charge on any atom is 0.433 e. The van der Waals surface area contributed by atoms with Crippen LogP contribution in [0.25, 0.3) is 0 Å². The van der Waals surface area contributed by atoms with Gasteiger partial charge in [-0.2, -0.15) is 13.2 Å². The number of hydrogen-bond acceptors (Lipinski definition) is 4. The monoisotopic (exact) mass is 274 g/mol. The van der Waals surface area contributed by atoms with Crippen molar-refractivity contribution in [3.8, 4) is 0 Å². The molecule has 0 radical (unpaired) electrons. The molecule has 2 heterocycles. The molecule has 0 atom stereocenters. The smallest absolute Gasteiger partial charge is 0.312 e. The third-order valence-corrected chi connectivity index (χ3v) is 3.03. The molecule has 0 bridgehead atoms. The molecule has 2 rings (SSSR count). The Hall–Kier alpha value is -1.21. The van der Waals surface area contributed by atoms with Crippen LogP contribution in [0.2, 0.25) is 0 Å². The van der Waals surface area contributed by atoms with Gasteiger partial charge in [-0.15, -0.1) is 0 Å². The number of fused-ring (bicyclic) bond motifs is 1. The van der Waals surface area contributed by atoms with Crippen molar-refractivity contribution in [2.75, 3.05) is 27.2 Å².